The Kier molecular flexibility index (Phi) is 3.34. The van der Waals surface area contributed by atoms with Crippen molar-refractivity contribution in [1.82, 2.24) is 10.2 Å². The van der Waals surface area contributed by atoms with Gasteiger partial charge in [-0.3, -0.25) is 9.59 Å². The van der Waals surface area contributed by atoms with Gasteiger partial charge in [-0.2, -0.15) is 0 Å². The van der Waals surface area contributed by atoms with Gasteiger partial charge in [-0.1, -0.05) is 6.07 Å². The normalized spacial score (nSPS) is 20.4. The smallest absolute Gasteiger partial charge is 0.254 e. The first-order valence-corrected chi connectivity index (χ1v) is 7.10. The number of nitrogens with one attached hydrogen (secondary N) is 2. The maximum atomic E-state index is 12.6. The zero-order valence-corrected chi connectivity index (χ0v) is 11.6. The number of hydrogen-bond donors (Lipinski definition) is 2. The summed E-state index contributed by atoms with van der Waals surface area (Å²) in [5.74, 6) is -0.122. The van der Waals surface area contributed by atoms with Crippen molar-refractivity contribution in [2.45, 2.75) is 25.3 Å². The van der Waals surface area contributed by atoms with Crippen LogP contribution in [0, 0.1) is 0 Å². The summed E-state index contributed by atoms with van der Waals surface area (Å²) in [6, 6.07) is 5.46. The van der Waals surface area contributed by atoms with Crippen molar-refractivity contribution in [2.75, 3.05) is 25.5 Å². The van der Waals surface area contributed by atoms with Crippen molar-refractivity contribution >= 4 is 17.5 Å². The van der Waals surface area contributed by atoms with Crippen LogP contribution >= 0.6 is 0 Å². The van der Waals surface area contributed by atoms with E-state index in [1.165, 1.54) is 5.56 Å². The number of hydrogen-bond acceptors (Lipinski definition) is 3. The quantitative estimate of drug-likeness (QED) is 0.845. The molecule has 2 N–H and O–H groups in total. The molecular weight excluding hydrogens is 254 g/mol. The number of anilines is 1. The van der Waals surface area contributed by atoms with Gasteiger partial charge in [-0.05, 0) is 37.0 Å². The lowest BCUT2D eigenvalue weighted by atomic mass is 10.1. The molecule has 5 heteroatoms. The molecule has 3 rings (SSSR count). The molecule has 1 fully saturated rings. The molecule has 1 atom stereocenters. The van der Waals surface area contributed by atoms with Gasteiger partial charge in [0.1, 0.15) is 6.04 Å². The zero-order chi connectivity index (χ0) is 14.1. The van der Waals surface area contributed by atoms with Crippen molar-refractivity contribution in [3.8, 4) is 0 Å². The zero-order valence-electron chi connectivity index (χ0n) is 11.6. The predicted octanol–water partition coefficient (Wildman–Crippen LogP) is 1.01. The Morgan fingerprint density at radius 1 is 1.40 bits per heavy atom. The van der Waals surface area contributed by atoms with Crippen LogP contribution in [0.1, 0.15) is 28.8 Å². The van der Waals surface area contributed by atoms with Crippen LogP contribution < -0.4 is 10.6 Å². The first-order valence-electron chi connectivity index (χ1n) is 7.10. The van der Waals surface area contributed by atoms with E-state index in [0.717, 1.165) is 31.5 Å². The second kappa shape index (κ2) is 5.15. The number of likely N-dealkylation sites (tertiary alicyclic amines) is 1. The fraction of sp³-hybridized carbons (Fsp3) is 0.467. The Hall–Kier alpha value is -2.04. The molecule has 1 unspecified atom stereocenters. The Morgan fingerprint density at radius 3 is 3.05 bits per heavy atom. The van der Waals surface area contributed by atoms with E-state index in [2.05, 4.69) is 10.6 Å². The molecule has 2 amide bonds. The van der Waals surface area contributed by atoms with E-state index in [9.17, 15) is 9.59 Å². The summed E-state index contributed by atoms with van der Waals surface area (Å²) < 4.78 is 0. The van der Waals surface area contributed by atoms with Crippen LogP contribution in [0.2, 0.25) is 0 Å². The number of rotatable bonds is 2. The largest absolute Gasteiger partial charge is 0.384 e. The van der Waals surface area contributed by atoms with E-state index in [1.54, 1.807) is 11.9 Å². The second-order valence-corrected chi connectivity index (χ2v) is 5.32. The van der Waals surface area contributed by atoms with E-state index in [1.807, 2.05) is 18.2 Å². The van der Waals surface area contributed by atoms with E-state index in [4.69, 9.17) is 0 Å². The van der Waals surface area contributed by atoms with Crippen molar-refractivity contribution in [3.63, 3.8) is 0 Å². The minimum absolute atomic E-state index is 0.0485. The van der Waals surface area contributed by atoms with Crippen molar-refractivity contribution in [2.24, 2.45) is 0 Å². The highest BCUT2D eigenvalue weighted by atomic mass is 16.2. The third kappa shape index (κ3) is 2.13. The maximum absolute atomic E-state index is 12.6. The molecule has 0 bridgehead atoms. The molecule has 1 aromatic rings. The molecule has 2 aliphatic rings. The lowest BCUT2D eigenvalue weighted by Gasteiger charge is -2.23. The summed E-state index contributed by atoms with van der Waals surface area (Å²) in [5.41, 5.74) is 2.96. The van der Waals surface area contributed by atoms with Crippen LogP contribution in [0.4, 0.5) is 5.69 Å². The Morgan fingerprint density at radius 2 is 2.25 bits per heavy atom. The Bertz CT molecular complexity index is 556. The molecule has 0 radical (unpaired) electrons. The number of carbonyl (C=O) groups excluding carboxylic acids is 2. The lowest BCUT2D eigenvalue weighted by Crippen LogP contribution is -2.44. The summed E-state index contributed by atoms with van der Waals surface area (Å²) in [6.07, 6.45) is 2.63. The summed E-state index contributed by atoms with van der Waals surface area (Å²) in [4.78, 5) is 26.1. The Balaban J connectivity index is 1.83. The Labute approximate surface area is 118 Å². The van der Waals surface area contributed by atoms with Crippen LogP contribution in [0.15, 0.2) is 18.2 Å². The van der Waals surface area contributed by atoms with E-state index in [0.29, 0.717) is 12.1 Å². The minimum Gasteiger partial charge on any atom is -0.384 e. The van der Waals surface area contributed by atoms with Gasteiger partial charge in [-0.15, -0.1) is 0 Å². The maximum Gasteiger partial charge on any atom is 0.254 e. The number of amides is 2. The molecule has 5 nitrogen and oxygen atoms in total. The summed E-state index contributed by atoms with van der Waals surface area (Å²) in [6.45, 7) is 1.58. The van der Waals surface area contributed by atoms with Crippen molar-refractivity contribution in [1.29, 1.82) is 0 Å². The van der Waals surface area contributed by atoms with Gasteiger partial charge in [0.2, 0.25) is 5.91 Å². The fourth-order valence-corrected chi connectivity index (χ4v) is 3.04. The van der Waals surface area contributed by atoms with E-state index < -0.39 is 0 Å². The molecular formula is C15H19N3O2. The average Bonchev–Trinajstić information content (AvgIpc) is 3.13. The van der Waals surface area contributed by atoms with E-state index in [-0.39, 0.29) is 17.9 Å². The van der Waals surface area contributed by atoms with Crippen LogP contribution in [0.5, 0.6) is 0 Å². The monoisotopic (exact) mass is 273 g/mol. The number of carbonyl (C=O) groups is 2. The first kappa shape index (κ1) is 13.0. The molecule has 0 aromatic heterocycles. The van der Waals surface area contributed by atoms with Crippen LogP contribution in [0.3, 0.4) is 0 Å². The number of fused-ring (bicyclic) bond motifs is 1. The highest BCUT2D eigenvalue weighted by molar-refractivity contribution is 5.98. The number of nitrogens with zero attached hydrogens (tertiary/aromatic N) is 1. The third-order valence-corrected chi connectivity index (χ3v) is 4.13. The number of benzene rings is 1. The third-order valence-electron chi connectivity index (χ3n) is 4.13. The SMILES string of the molecule is CNC(=O)C1CCCN1C(=O)c1ccc2c(c1)NCC2. The standard InChI is InChI=1S/C15H19N3O2/c1-16-14(19)13-3-2-8-18(13)15(20)11-5-4-10-6-7-17-12(10)9-11/h4-5,9,13,17H,2-3,6-8H2,1H3,(H,16,19). The fourth-order valence-electron chi connectivity index (χ4n) is 3.04. The average molecular weight is 273 g/mol. The van der Waals surface area contributed by atoms with Gasteiger partial charge >= 0.3 is 0 Å². The second-order valence-electron chi connectivity index (χ2n) is 5.32. The predicted molar refractivity (Wildman–Crippen MR) is 76.8 cm³/mol. The molecule has 1 aromatic carbocycles. The van der Waals surface area contributed by atoms with Gasteiger partial charge in [-0.25, -0.2) is 0 Å². The molecule has 0 saturated carbocycles. The van der Waals surface area contributed by atoms with Gasteiger partial charge in [0, 0.05) is 31.4 Å². The molecule has 20 heavy (non-hydrogen) atoms. The van der Waals surface area contributed by atoms with Crippen LogP contribution in [-0.2, 0) is 11.2 Å². The topological polar surface area (TPSA) is 61.4 Å². The van der Waals surface area contributed by atoms with Crippen LogP contribution in [0.25, 0.3) is 0 Å². The molecule has 106 valence electrons. The highest BCUT2D eigenvalue weighted by Gasteiger charge is 2.34. The minimum atomic E-state index is -0.325. The van der Waals surface area contributed by atoms with Gasteiger partial charge in [0.25, 0.3) is 5.91 Å². The molecule has 2 heterocycles. The highest BCUT2D eigenvalue weighted by Crippen LogP contribution is 2.26. The molecule has 2 aliphatic heterocycles. The van der Waals surface area contributed by atoms with Gasteiger partial charge < -0.3 is 15.5 Å². The number of likely N-dealkylation sites (N-methyl/N-ethyl adjacent to an activating group) is 1. The molecule has 1 saturated heterocycles. The summed E-state index contributed by atoms with van der Waals surface area (Å²) >= 11 is 0. The van der Waals surface area contributed by atoms with Crippen LogP contribution in [-0.4, -0.2) is 42.9 Å². The summed E-state index contributed by atoms with van der Waals surface area (Å²) in [5, 5.41) is 5.92. The summed E-state index contributed by atoms with van der Waals surface area (Å²) in [7, 11) is 1.61. The van der Waals surface area contributed by atoms with E-state index >= 15 is 0 Å². The first-order chi connectivity index (χ1) is 9.70. The van der Waals surface area contributed by atoms with Crippen molar-refractivity contribution < 1.29 is 9.59 Å². The molecule has 0 aliphatic carbocycles. The van der Waals surface area contributed by atoms with Gasteiger partial charge in [0.15, 0.2) is 0 Å². The van der Waals surface area contributed by atoms with Crippen molar-refractivity contribution in [3.05, 3.63) is 29.3 Å². The molecule has 0 spiro atoms. The van der Waals surface area contributed by atoms with Gasteiger partial charge in [0.05, 0.1) is 0 Å². The lowest BCUT2D eigenvalue weighted by molar-refractivity contribution is -0.124.